The van der Waals surface area contributed by atoms with Crippen molar-refractivity contribution in [3.8, 4) is 11.3 Å². The van der Waals surface area contributed by atoms with Gasteiger partial charge in [-0.2, -0.15) is 5.10 Å². The Morgan fingerprint density at radius 3 is 2.96 bits per heavy atom. The maximum Gasteiger partial charge on any atom is 0.374 e. The van der Waals surface area contributed by atoms with Crippen molar-refractivity contribution >= 4 is 5.97 Å². The molecule has 0 N–H and O–H groups in total. The first-order chi connectivity index (χ1) is 11.2. The lowest BCUT2D eigenvalue weighted by Crippen LogP contribution is -2.31. The summed E-state index contributed by atoms with van der Waals surface area (Å²) < 4.78 is 18.1. The van der Waals surface area contributed by atoms with E-state index in [9.17, 15) is 4.79 Å². The number of esters is 1. The van der Waals surface area contributed by atoms with Gasteiger partial charge in [0.25, 0.3) is 0 Å². The van der Waals surface area contributed by atoms with Gasteiger partial charge in [-0.3, -0.25) is 4.68 Å². The van der Waals surface area contributed by atoms with E-state index in [-0.39, 0.29) is 0 Å². The molecule has 1 saturated heterocycles. The van der Waals surface area contributed by atoms with Gasteiger partial charge in [-0.1, -0.05) is 0 Å². The Morgan fingerprint density at radius 2 is 2.26 bits per heavy atom. The molecule has 0 saturated carbocycles. The van der Waals surface area contributed by atoms with Gasteiger partial charge >= 0.3 is 5.97 Å². The number of rotatable bonds is 4. The van der Waals surface area contributed by atoms with E-state index in [0.717, 1.165) is 55.2 Å². The highest BCUT2D eigenvalue weighted by molar-refractivity contribution is 5.91. The third-order valence-corrected chi connectivity index (χ3v) is 4.53. The minimum Gasteiger partial charge on any atom is -0.460 e. The van der Waals surface area contributed by atoms with Crippen LogP contribution in [0.15, 0.2) is 10.6 Å². The number of ether oxygens (including phenoxy) is 2. The number of aryl methyl sites for hydroxylation is 2. The maximum atomic E-state index is 12.0. The molecule has 0 unspecified atom stereocenters. The van der Waals surface area contributed by atoms with Crippen LogP contribution >= 0.6 is 0 Å². The summed E-state index contributed by atoms with van der Waals surface area (Å²) >= 11 is 0. The normalized spacial score (nSPS) is 16.6. The Kier molecular flexibility index (Phi) is 3.49. The predicted molar refractivity (Wildman–Crippen MR) is 82.3 cm³/mol. The molecule has 122 valence electrons. The molecule has 1 aliphatic carbocycles. The van der Waals surface area contributed by atoms with E-state index in [1.165, 1.54) is 5.56 Å². The van der Waals surface area contributed by atoms with E-state index in [1.54, 1.807) is 6.92 Å². The van der Waals surface area contributed by atoms with Gasteiger partial charge in [-0.25, -0.2) is 4.79 Å². The zero-order chi connectivity index (χ0) is 16.0. The van der Waals surface area contributed by atoms with E-state index in [1.807, 2.05) is 11.6 Å². The van der Waals surface area contributed by atoms with Crippen LogP contribution in [0.3, 0.4) is 0 Å². The van der Waals surface area contributed by atoms with Crippen LogP contribution in [0, 0.1) is 12.8 Å². The van der Waals surface area contributed by atoms with Crippen LogP contribution in [-0.2, 0) is 28.9 Å². The van der Waals surface area contributed by atoms with Crippen LogP contribution in [0.5, 0.6) is 0 Å². The number of hydrogen-bond acceptors (Lipinski definition) is 5. The quantitative estimate of drug-likeness (QED) is 0.810. The lowest BCUT2D eigenvalue weighted by Gasteiger charge is -2.25. The first-order valence-electron chi connectivity index (χ1n) is 8.11. The van der Waals surface area contributed by atoms with Crippen molar-refractivity contribution in [2.45, 2.75) is 33.2 Å². The summed E-state index contributed by atoms with van der Waals surface area (Å²) in [5.74, 6) is 1.31. The molecule has 0 amide bonds. The zero-order valence-corrected chi connectivity index (χ0v) is 13.4. The third kappa shape index (κ3) is 2.37. The van der Waals surface area contributed by atoms with Crippen LogP contribution in [0.1, 0.15) is 34.4 Å². The molecule has 4 rings (SSSR count). The van der Waals surface area contributed by atoms with Crippen molar-refractivity contribution in [3.63, 3.8) is 0 Å². The van der Waals surface area contributed by atoms with Crippen LogP contribution < -0.4 is 0 Å². The van der Waals surface area contributed by atoms with Crippen LogP contribution in [0.25, 0.3) is 11.3 Å². The van der Waals surface area contributed by atoms with E-state index in [2.05, 4.69) is 6.20 Å². The molecule has 2 aliphatic rings. The Bertz CT molecular complexity index is 755. The Labute approximate surface area is 134 Å². The third-order valence-electron chi connectivity index (χ3n) is 4.53. The molecule has 0 bridgehead atoms. The fraction of sp³-hybridized carbons (Fsp3) is 0.529. The van der Waals surface area contributed by atoms with Crippen LogP contribution in [0.4, 0.5) is 0 Å². The number of fused-ring (bicyclic) bond motifs is 3. The molecular weight excluding hydrogens is 296 g/mol. The summed E-state index contributed by atoms with van der Waals surface area (Å²) in [6.07, 6.45) is 3.80. The second kappa shape index (κ2) is 5.53. The molecule has 3 heterocycles. The van der Waals surface area contributed by atoms with Gasteiger partial charge in [0.2, 0.25) is 5.76 Å². The minimum absolute atomic E-state index is 0.312. The molecule has 6 nitrogen and oxygen atoms in total. The van der Waals surface area contributed by atoms with E-state index < -0.39 is 5.97 Å². The molecular formula is C17H20N2O4. The fourth-order valence-corrected chi connectivity index (χ4v) is 3.30. The van der Waals surface area contributed by atoms with Gasteiger partial charge in [0.1, 0.15) is 5.76 Å². The molecule has 1 aliphatic heterocycles. The highest BCUT2D eigenvalue weighted by Crippen LogP contribution is 2.38. The average Bonchev–Trinajstić information content (AvgIpc) is 3.04. The van der Waals surface area contributed by atoms with Gasteiger partial charge in [-0.05, 0) is 25.8 Å². The molecule has 0 atom stereocenters. The highest BCUT2D eigenvalue weighted by atomic mass is 16.5. The van der Waals surface area contributed by atoms with Crippen LogP contribution in [-0.4, -0.2) is 35.6 Å². The van der Waals surface area contributed by atoms with E-state index in [4.69, 9.17) is 19.0 Å². The zero-order valence-electron chi connectivity index (χ0n) is 13.4. The summed E-state index contributed by atoms with van der Waals surface area (Å²) in [7, 11) is 0. The lowest BCUT2D eigenvalue weighted by atomic mass is 9.94. The monoisotopic (exact) mass is 316 g/mol. The van der Waals surface area contributed by atoms with E-state index >= 15 is 0 Å². The van der Waals surface area contributed by atoms with Gasteiger partial charge in [0, 0.05) is 36.2 Å². The predicted octanol–water partition coefficient (Wildman–Crippen LogP) is 2.37. The summed E-state index contributed by atoms with van der Waals surface area (Å²) in [5.41, 5.74) is 3.97. The second-order valence-electron chi connectivity index (χ2n) is 6.20. The molecule has 0 aromatic carbocycles. The highest BCUT2D eigenvalue weighted by Gasteiger charge is 2.30. The SMILES string of the molecule is CCOC(=O)c1oc2c(c1C)-c1nn(CC3COC3)cc1CC2. The fourth-order valence-electron chi connectivity index (χ4n) is 3.30. The van der Waals surface area contributed by atoms with Crippen molar-refractivity contribution in [1.82, 2.24) is 9.78 Å². The summed E-state index contributed by atoms with van der Waals surface area (Å²) in [6, 6.07) is 0. The summed E-state index contributed by atoms with van der Waals surface area (Å²) in [5, 5.41) is 4.74. The van der Waals surface area contributed by atoms with Crippen molar-refractivity contribution < 1.29 is 18.7 Å². The van der Waals surface area contributed by atoms with Gasteiger partial charge in [0.15, 0.2) is 0 Å². The molecule has 23 heavy (non-hydrogen) atoms. The molecule has 2 aromatic rings. The van der Waals surface area contributed by atoms with Gasteiger partial charge in [0.05, 0.1) is 25.5 Å². The second-order valence-corrected chi connectivity index (χ2v) is 6.20. The number of furan rings is 1. The minimum atomic E-state index is -0.396. The van der Waals surface area contributed by atoms with Crippen molar-refractivity contribution in [2.75, 3.05) is 19.8 Å². The lowest BCUT2D eigenvalue weighted by molar-refractivity contribution is -0.0408. The molecule has 1 fully saturated rings. The van der Waals surface area contributed by atoms with Gasteiger partial charge < -0.3 is 13.9 Å². The molecule has 0 radical (unpaired) electrons. The number of carbonyl (C=O) groups is 1. The standard InChI is InChI=1S/C17H20N2O4/c1-3-22-17(20)16-10(2)14-13(23-16)5-4-12-7-19(18-15(12)14)6-11-8-21-9-11/h7,11H,3-6,8-9H2,1-2H3. The van der Waals surface area contributed by atoms with E-state index in [0.29, 0.717) is 18.3 Å². The summed E-state index contributed by atoms with van der Waals surface area (Å²) in [6.45, 7) is 6.54. The molecule has 6 heteroatoms. The smallest absolute Gasteiger partial charge is 0.374 e. The van der Waals surface area contributed by atoms with Crippen molar-refractivity contribution in [3.05, 3.63) is 28.8 Å². The largest absolute Gasteiger partial charge is 0.460 e. The van der Waals surface area contributed by atoms with Crippen molar-refractivity contribution in [1.29, 1.82) is 0 Å². The van der Waals surface area contributed by atoms with Crippen molar-refractivity contribution in [2.24, 2.45) is 5.92 Å². The van der Waals surface area contributed by atoms with Gasteiger partial charge in [-0.15, -0.1) is 0 Å². The Balaban J connectivity index is 1.69. The Hall–Kier alpha value is -2.08. The number of carbonyl (C=O) groups excluding carboxylic acids is 1. The Morgan fingerprint density at radius 1 is 1.43 bits per heavy atom. The maximum absolute atomic E-state index is 12.0. The number of hydrogen-bond donors (Lipinski definition) is 0. The topological polar surface area (TPSA) is 66.5 Å². The number of aromatic nitrogens is 2. The first-order valence-corrected chi connectivity index (χ1v) is 8.11. The average molecular weight is 316 g/mol. The summed E-state index contributed by atoms with van der Waals surface area (Å²) in [4.78, 5) is 12.0. The first kappa shape index (κ1) is 14.5. The number of nitrogens with zero attached hydrogens (tertiary/aromatic N) is 2. The molecule has 2 aromatic heterocycles. The van der Waals surface area contributed by atoms with Crippen LogP contribution in [0.2, 0.25) is 0 Å². The molecule has 0 spiro atoms.